The number of hydrogen-bond donors (Lipinski definition) is 1. The van der Waals surface area contributed by atoms with Gasteiger partial charge in [-0.1, -0.05) is 17.7 Å². The maximum atomic E-state index is 5.88. The first kappa shape index (κ1) is 11.9. The Balaban J connectivity index is 2.13. The molecule has 1 unspecified atom stereocenters. The molecule has 0 aliphatic rings. The second-order valence-corrected chi connectivity index (χ2v) is 4.31. The van der Waals surface area contributed by atoms with Crippen molar-refractivity contribution in [1.82, 2.24) is 9.97 Å². The highest BCUT2D eigenvalue weighted by Crippen LogP contribution is 2.20. The van der Waals surface area contributed by atoms with Crippen LogP contribution < -0.4 is 5.32 Å². The largest absolute Gasteiger partial charge is 0.376 e. The van der Waals surface area contributed by atoms with Gasteiger partial charge in [-0.2, -0.15) is 0 Å². The Morgan fingerprint density at radius 3 is 2.76 bits per heavy atom. The third kappa shape index (κ3) is 2.94. The Morgan fingerprint density at radius 2 is 2.12 bits per heavy atom. The first-order chi connectivity index (χ1) is 8.16. The summed E-state index contributed by atoms with van der Waals surface area (Å²) in [6, 6.07) is 8.00. The monoisotopic (exact) mass is 247 g/mol. The highest BCUT2D eigenvalue weighted by Gasteiger charge is 2.06. The molecule has 2 aromatic rings. The summed E-state index contributed by atoms with van der Waals surface area (Å²) in [5.74, 6) is 0. The van der Waals surface area contributed by atoms with Crippen LogP contribution in [0, 0.1) is 6.92 Å². The van der Waals surface area contributed by atoms with E-state index in [1.165, 1.54) is 0 Å². The molecule has 0 aliphatic carbocycles. The van der Waals surface area contributed by atoms with Crippen molar-refractivity contribution >= 4 is 17.3 Å². The van der Waals surface area contributed by atoms with E-state index < -0.39 is 0 Å². The molecule has 0 saturated carbocycles. The Kier molecular flexibility index (Phi) is 3.59. The topological polar surface area (TPSA) is 37.8 Å². The number of rotatable bonds is 3. The predicted molar refractivity (Wildman–Crippen MR) is 70.3 cm³/mol. The van der Waals surface area contributed by atoms with Crippen LogP contribution in [0.3, 0.4) is 0 Å². The fraction of sp³-hybridized carbons (Fsp3) is 0.231. The summed E-state index contributed by atoms with van der Waals surface area (Å²) in [4.78, 5) is 8.41. The van der Waals surface area contributed by atoms with Crippen LogP contribution in [0.2, 0.25) is 5.15 Å². The molecule has 0 fully saturated rings. The number of anilines is 1. The van der Waals surface area contributed by atoms with Gasteiger partial charge in [0.15, 0.2) is 0 Å². The number of pyridine rings is 2. The molecule has 3 nitrogen and oxygen atoms in total. The molecule has 2 rings (SSSR count). The lowest BCUT2D eigenvalue weighted by Gasteiger charge is -2.14. The number of hydrogen-bond acceptors (Lipinski definition) is 3. The van der Waals surface area contributed by atoms with E-state index in [1.54, 1.807) is 12.4 Å². The van der Waals surface area contributed by atoms with Crippen LogP contribution in [0.4, 0.5) is 5.69 Å². The molecule has 0 aromatic carbocycles. The quantitative estimate of drug-likeness (QED) is 0.842. The highest BCUT2D eigenvalue weighted by molar-refractivity contribution is 6.30. The Bertz CT molecular complexity index is 499. The second kappa shape index (κ2) is 5.15. The second-order valence-electron chi connectivity index (χ2n) is 3.95. The van der Waals surface area contributed by atoms with E-state index in [9.17, 15) is 0 Å². The maximum absolute atomic E-state index is 5.88. The van der Waals surface area contributed by atoms with Crippen molar-refractivity contribution in [3.8, 4) is 0 Å². The number of aryl methyl sites for hydroxylation is 1. The van der Waals surface area contributed by atoms with Gasteiger partial charge in [0, 0.05) is 6.20 Å². The van der Waals surface area contributed by atoms with E-state index in [4.69, 9.17) is 11.6 Å². The molecule has 0 amide bonds. The minimum absolute atomic E-state index is 0.138. The van der Waals surface area contributed by atoms with Crippen LogP contribution in [-0.2, 0) is 0 Å². The first-order valence-electron chi connectivity index (χ1n) is 5.46. The van der Waals surface area contributed by atoms with Gasteiger partial charge in [0.25, 0.3) is 0 Å². The molecule has 4 heteroatoms. The molecular formula is C13H14ClN3. The summed E-state index contributed by atoms with van der Waals surface area (Å²) in [6.45, 7) is 4.00. The molecule has 0 radical (unpaired) electrons. The van der Waals surface area contributed by atoms with E-state index >= 15 is 0 Å². The summed E-state index contributed by atoms with van der Waals surface area (Å²) in [5.41, 5.74) is 2.91. The van der Waals surface area contributed by atoms with Gasteiger partial charge in [0.05, 0.1) is 23.6 Å². The number of aromatic nitrogens is 2. The normalized spacial score (nSPS) is 12.2. The number of nitrogens with one attached hydrogen (secondary N) is 1. The zero-order valence-electron chi connectivity index (χ0n) is 9.81. The molecule has 1 atom stereocenters. The summed E-state index contributed by atoms with van der Waals surface area (Å²) in [7, 11) is 0. The van der Waals surface area contributed by atoms with E-state index in [1.807, 2.05) is 31.2 Å². The van der Waals surface area contributed by atoms with E-state index in [2.05, 4.69) is 22.2 Å². The van der Waals surface area contributed by atoms with Crippen molar-refractivity contribution in [3.63, 3.8) is 0 Å². The fourth-order valence-electron chi connectivity index (χ4n) is 1.59. The van der Waals surface area contributed by atoms with Gasteiger partial charge < -0.3 is 5.32 Å². The summed E-state index contributed by atoms with van der Waals surface area (Å²) in [6.07, 6.45) is 3.52. The van der Waals surface area contributed by atoms with Gasteiger partial charge in [0.2, 0.25) is 0 Å². The highest BCUT2D eigenvalue weighted by atomic mass is 35.5. The van der Waals surface area contributed by atoms with Crippen LogP contribution in [0.1, 0.15) is 24.2 Å². The van der Waals surface area contributed by atoms with E-state index in [0.717, 1.165) is 16.9 Å². The lowest BCUT2D eigenvalue weighted by atomic mass is 10.2. The lowest BCUT2D eigenvalue weighted by molar-refractivity contribution is 0.838. The van der Waals surface area contributed by atoms with Gasteiger partial charge in [-0.05, 0) is 37.6 Å². The summed E-state index contributed by atoms with van der Waals surface area (Å²) >= 11 is 5.88. The molecular weight excluding hydrogens is 234 g/mol. The summed E-state index contributed by atoms with van der Waals surface area (Å²) in [5, 5.41) is 3.89. The molecule has 2 heterocycles. The van der Waals surface area contributed by atoms with Crippen LogP contribution in [-0.4, -0.2) is 9.97 Å². The number of nitrogens with zero attached hydrogens (tertiary/aromatic N) is 2. The van der Waals surface area contributed by atoms with Crippen molar-refractivity contribution in [2.45, 2.75) is 19.9 Å². The maximum Gasteiger partial charge on any atom is 0.132 e. The zero-order valence-corrected chi connectivity index (χ0v) is 10.6. The third-order valence-electron chi connectivity index (χ3n) is 2.53. The minimum Gasteiger partial charge on any atom is -0.376 e. The summed E-state index contributed by atoms with van der Waals surface area (Å²) < 4.78 is 0. The van der Waals surface area contributed by atoms with Crippen molar-refractivity contribution in [2.75, 3.05) is 5.32 Å². The van der Waals surface area contributed by atoms with Crippen molar-refractivity contribution in [1.29, 1.82) is 0 Å². The van der Waals surface area contributed by atoms with Crippen LogP contribution in [0.15, 0.2) is 36.7 Å². The zero-order chi connectivity index (χ0) is 12.3. The number of halogens is 1. The predicted octanol–water partition coefficient (Wildman–Crippen LogP) is 3.61. The Hall–Kier alpha value is -1.61. The fourth-order valence-corrected chi connectivity index (χ4v) is 1.70. The van der Waals surface area contributed by atoms with Crippen molar-refractivity contribution in [3.05, 3.63) is 53.1 Å². The lowest BCUT2D eigenvalue weighted by Crippen LogP contribution is -2.08. The Labute approximate surface area is 106 Å². The van der Waals surface area contributed by atoms with Crippen LogP contribution >= 0.6 is 11.6 Å². The van der Waals surface area contributed by atoms with Crippen molar-refractivity contribution < 1.29 is 0 Å². The molecule has 2 aromatic heterocycles. The molecule has 17 heavy (non-hydrogen) atoms. The van der Waals surface area contributed by atoms with Crippen LogP contribution in [0.25, 0.3) is 0 Å². The standard InChI is InChI=1S/C13H14ClN3/c1-9-7-11(8-16-13(9)14)17-10(2)12-5-3-4-6-15-12/h3-8,10,17H,1-2H3. The molecule has 0 bridgehead atoms. The van der Waals surface area contributed by atoms with Gasteiger partial charge in [-0.25, -0.2) is 4.98 Å². The molecule has 0 aliphatic heterocycles. The third-order valence-corrected chi connectivity index (χ3v) is 2.92. The average Bonchev–Trinajstić information content (AvgIpc) is 2.35. The molecule has 88 valence electrons. The average molecular weight is 248 g/mol. The van der Waals surface area contributed by atoms with E-state index in [0.29, 0.717) is 5.15 Å². The van der Waals surface area contributed by atoms with Crippen molar-refractivity contribution in [2.24, 2.45) is 0 Å². The Morgan fingerprint density at radius 1 is 1.29 bits per heavy atom. The minimum atomic E-state index is 0.138. The molecule has 1 N–H and O–H groups in total. The van der Waals surface area contributed by atoms with E-state index in [-0.39, 0.29) is 6.04 Å². The molecule has 0 saturated heterocycles. The van der Waals surface area contributed by atoms with Crippen LogP contribution in [0.5, 0.6) is 0 Å². The van der Waals surface area contributed by atoms with Gasteiger partial charge in [-0.3, -0.25) is 4.98 Å². The SMILES string of the molecule is Cc1cc(NC(C)c2ccccn2)cnc1Cl. The van der Waals surface area contributed by atoms with Gasteiger partial charge >= 0.3 is 0 Å². The van der Waals surface area contributed by atoms with Gasteiger partial charge in [0.1, 0.15) is 5.15 Å². The molecule has 0 spiro atoms. The smallest absolute Gasteiger partial charge is 0.132 e. The van der Waals surface area contributed by atoms with Gasteiger partial charge in [-0.15, -0.1) is 0 Å². The first-order valence-corrected chi connectivity index (χ1v) is 5.84.